The summed E-state index contributed by atoms with van der Waals surface area (Å²) >= 11 is 5.00. The van der Waals surface area contributed by atoms with Gasteiger partial charge in [-0.25, -0.2) is 0 Å². The highest BCUT2D eigenvalue weighted by atomic mass is 79.9. The third-order valence-electron chi connectivity index (χ3n) is 4.22. The average molecular weight is 432 g/mol. The lowest BCUT2D eigenvalue weighted by atomic mass is 10.1. The highest BCUT2D eigenvalue weighted by Crippen LogP contribution is 2.37. The van der Waals surface area contributed by atoms with Gasteiger partial charge in [0.1, 0.15) is 0 Å². The van der Waals surface area contributed by atoms with Crippen molar-refractivity contribution in [2.45, 2.75) is 17.4 Å². The Labute approximate surface area is 160 Å². The quantitative estimate of drug-likeness (QED) is 0.623. The van der Waals surface area contributed by atoms with Crippen molar-refractivity contribution < 1.29 is 4.79 Å². The smallest absolute Gasteiger partial charge is 0.317 e. The second kappa shape index (κ2) is 6.77. The minimum Gasteiger partial charge on any atom is -0.326 e. The molecular weight excluding hydrogens is 418 g/mol. The van der Waals surface area contributed by atoms with Crippen LogP contribution >= 0.6 is 27.7 Å². The fraction of sp³-hybridized carbons (Fsp3) is 0.167. The number of anilines is 1. The number of benzene rings is 2. The first-order valence-electron chi connectivity index (χ1n) is 7.99. The number of aromatic nitrogens is 2. The van der Waals surface area contributed by atoms with Gasteiger partial charge in [0.25, 0.3) is 0 Å². The van der Waals surface area contributed by atoms with Crippen molar-refractivity contribution in [1.29, 1.82) is 0 Å². The highest BCUT2D eigenvalue weighted by molar-refractivity contribution is 9.10. The second-order valence-corrected chi connectivity index (χ2v) is 7.99. The van der Waals surface area contributed by atoms with E-state index < -0.39 is 11.1 Å². The number of nitrogens with one attached hydrogen (secondary N) is 2. The lowest BCUT2D eigenvalue weighted by Gasteiger charge is -2.26. The standard InChI is InChI=1S/C18H14BrN3O3S/c19-10-6-13-16-14(7-10)26-9-12(22(16)18(25)17(24)21-13)8-15(23)20-11-4-2-1-3-5-11/h1-7,12H,8-9H2,(H,20,23)(H,21,24)/t12-/m0/s1. The van der Waals surface area contributed by atoms with Crippen LogP contribution in [0, 0.1) is 0 Å². The fourth-order valence-corrected chi connectivity index (χ4v) is 4.92. The first-order chi connectivity index (χ1) is 12.5. The number of carbonyl (C=O) groups excluding carboxylic acids is 1. The van der Waals surface area contributed by atoms with E-state index in [4.69, 9.17) is 0 Å². The van der Waals surface area contributed by atoms with Crippen LogP contribution in [0.1, 0.15) is 12.5 Å². The van der Waals surface area contributed by atoms with Crippen molar-refractivity contribution in [2.24, 2.45) is 0 Å². The summed E-state index contributed by atoms with van der Waals surface area (Å²) in [7, 11) is 0. The molecule has 0 saturated carbocycles. The number of aromatic amines is 1. The van der Waals surface area contributed by atoms with Gasteiger partial charge < -0.3 is 10.3 Å². The van der Waals surface area contributed by atoms with Crippen molar-refractivity contribution in [3.05, 3.63) is 67.6 Å². The van der Waals surface area contributed by atoms with Crippen molar-refractivity contribution >= 4 is 50.3 Å². The summed E-state index contributed by atoms with van der Waals surface area (Å²) in [6.07, 6.45) is 0.121. The van der Waals surface area contributed by atoms with Gasteiger partial charge in [-0.2, -0.15) is 0 Å². The maximum Gasteiger partial charge on any atom is 0.317 e. The molecule has 8 heteroatoms. The number of para-hydroxylation sites is 1. The topological polar surface area (TPSA) is 84.0 Å². The van der Waals surface area contributed by atoms with Crippen LogP contribution in [0.25, 0.3) is 11.0 Å². The van der Waals surface area contributed by atoms with Gasteiger partial charge in [0.2, 0.25) is 5.91 Å². The molecule has 26 heavy (non-hydrogen) atoms. The maximum atomic E-state index is 12.5. The molecule has 0 radical (unpaired) electrons. The molecule has 2 N–H and O–H groups in total. The molecule has 2 heterocycles. The summed E-state index contributed by atoms with van der Waals surface area (Å²) in [4.78, 5) is 40.5. The molecule has 1 aliphatic heterocycles. The van der Waals surface area contributed by atoms with E-state index in [1.807, 2.05) is 24.3 Å². The van der Waals surface area contributed by atoms with Gasteiger partial charge >= 0.3 is 11.1 Å². The summed E-state index contributed by atoms with van der Waals surface area (Å²) in [5, 5.41) is 2.83. The predicted octanol–water partition coefficient (Wildman–Crippen LogP) is 3.13. The lowest BCUT2D eigenvalue weighted by Crippen LogP contribution is -2.41. The molecule has 0 saturated heterocycles. The van der Waals surface area contributed by atoms with Gasteiger partial charge in [-0.3, -0.25) is 19.0 Å². The van der Waals surface area contributed by atoms with Crippen LogP contribution in [0.4, 0.5) is 5.69 Å². The van der Waals surface area contributed by atoms with Gasteiger partial charge in [0.05, 0.1) is 17.1 Å². The molecule has 0 bridgehead atoms. The number of halogens is 1. The van der Waals surface area contributed by atoms with E-state index in [9.17, 15) is 14.4 Å². The monoisotopic (exact) mass is 431 g/mol. The van der Waals surface area contributed by atoms with Crippen LogP contribution < -0.4 is 16.4 Å². The maximum absolute atomic E-state index is 12.5. The number of nitrogens with zero attached hydrogens (tertiary/aromatic N) is 1. The molecule has 2 aromatic carbocycles. The van der Waals surface area contributed by atoms with Crippen LogP contribution in [0.3, 0.4) is 0 Å². The number of thioether (sulfide) groups is 1. The van der Waals surface area contributed by atoms with E-state index in [1.165, 1.54) is 4.57 Å². The summed E-state index contributed by atoms with van der Waals surface area (Å²) in [5.74, 6) is 0.354. The van der Waals surface area contributed by atoms with Crippen LogP contribution in [0.5, 0.6) is 0 Å². The normalized spacial score (nSPS) is 15.8. The summed E-state index contributed by atoms with van der Waals surface area (Å²) in [5.41, 5.74) is 0.653. The Hall–Kier alpha value is -2.32. The Morgan fingerprint density at radius 3 is 2.81 bits per heavy atom. The molecular formula is C18H14BrN3O3S. The summed E-state index contributed by atoms with van der Waals surface area (Å²) < 4.78 is 2.30. The van der Waals surface area contributed by atoms with Crippen molar-refractivity contribution in [1.82, 2.24) is 9.55 Å². The molecule has 1 amide bonds. The summed E-state index contributed by atoms with van der Waals surface area (Å²) in [6, 6.07) is 12.5. The van der Waals surface area contributed by atoms with Gasteiger partial charge in [-0.15, -0.1) is 11.8 Å². The zero-order chi connectivity index (χ0) is 18.3. The van der Waals surface area contributed by atoms with Crippen LogP contribution in [-0.2, 0) is 4.79 Å². The van der Waals surface area contributed by atoms with Crippen molar-refractivity contribution in [2.75, 3.05) is 11.1 Å². The Morgan fingerprint density at radius 1 is 1.27 bits per heavy atom. The number of hydrogen-bond donors (Lipinski definition) is 2. The molecule has 1 atom stereocenters. The molecule has 0 spiro atoms. The van der Waals surface area contributed by atoms with E-state index in [1.54, 1.807) is 30.0 Å². The van der Waals surface area contributed by atoms with Gasteiger partial charge in [-0.05, 0) is 24.3 Å². The number of rotatable bonds is 3. The minimum atomic E-state index is -0.679. The highest BCUT2D eigenvalue weighted by Gasteiger charge is 2.27. The number of hydrogen-bond acceptors (Lipinski definition) is 4. The second-order valence-electron chi connectivity index (χ2n) is 6.01. The van der Waals surface area contributed by atoms with Gasteiger partial charge in [0, 0.05) is 27.2 Å². The molecule has 4 rings (SSSR count). The molecule has 1 aromatic heterocycles. The first-order valence-corrected chi connectivity index (χ1v) is 9.76. The number of carbonyl (C=O) groups is 1. The largest absolute Gasteiger partial charge is 0.326 e. The average Bonchev–Trinajstić information content (AvgIpc) is 2.61. The molecule has 1 aliphatic rings. The fourth-order valence-electron chi connectivity index (χ4n) is 3.12. The first kappa shape index (κ1) is 17.1. The number of H-pyrrole nitrogens is 1. The zero-order valence-corrected chi connectivity index (χ0v) is 15.9. The van der Waals surface area contributed by atoms with E-state index in [2.05, 4.69) is 26.2 Å². The Morgan fingerprint density at radius 2 is 2.04 bits per heavy atom. The van der Waals surface area contributed by atoms with E-state index in [0.29, 0.717) is 22.5 Å². The van der Waals surface area contributed by atoms with E-state index in [-0.39, 0.29) is 18.4 Å². The SMILES string of the molecule is O=C(C[C@H]1CSc2cc(Br)cc3[nH]c(=O)c(=O)n1c23)Nc1ccccc1. The van der Waals surface area contributed by atoms with Gasteiger partial charge in [-0.1, -0.05) is 34.1 Å². The Kier molecular flexibility index (Phi) is 4.46. The third-order valence-corrected chi connectivity index (χ3v) is 5.85. The molecule has 3 aromatic rings. The Bertz CT molecular complexity index is 1120. The third kappa shape index (κ3) is 3.10. The van der Waals surface area contributed by atoms with E-state index in [0.717, 1.165) is 9.37 Å². The molecule has 0 aliphatic carbocycles. The van der Waals surface area contributed by atoms with Gasteiger partial charge in [0.15, 0.2) is 0 Å². The zero-order valence-electron chi connectivity index (χ0n) is 13.5. The van der Waals surface area contributed by atoms with Crippen molar-refractivity contribution in [3.63, 3.8) is 0 Å². The lowest BCUT2D eigenvalue weighted by molar-refractivity contribution is -0.116. The Balaban J connectivity index is 1.73. The number of amides is 1. The summed E-state index contributed by atoms with van der Waals surface area (Å²) in [6.45, 7) is 0. The molecule has 0 fully saturated rings. The predicted molar refractivity (Wildman–Crippen MR) is 106 cm³/mol. The van der Waals surface area contributed by atoms with E-state index >= 15 is 0 Å². The molecule has 132 valence electrons. The molecule has 6 nitrogen and oxygen atoms in total. The minimum absolute atomic E-state index is 0.121. The van der Waals surface area contributed by atoms with Crippen molar-refractivity contribution in [3.8, 4) is 0 Å². The van der Waals surface area contributed by atoms with Crippen LogP contribution in [0.2, 0.25) is 0 Å². The molecule has 0 unspecified atom stereocenters. The van der Waals surface area contributed by atoms with Crippen LogP contribution in [-0.4, -0.2) is 21.2 Å². The van der Waals surface area contributed by atoms with Crippen LogP contribution in [0.15, 0.2) is 61.4 Å².